The van der Waals surface area contributed by atoms with Crippen molar-refractivity contribution in [2.24, 2.45) is 0 Å². The van der Waals surface area contributed by atoms with Crippen molar-refractivity contribution < 1.29 is 0 Å². The van der Waals surface area contributed by atoms with E-state index in [1.54, 1.807) is 6.20 Å². The van der Waals surface area contributed by atoms with Crippen LogP contribution in [0, 0.1) is 0 Å². The molecule has 15 heavy (non-hydrogen) atoms. The summed E-state index contributed by atoms with van der Waals surface area (Å²) in [6.45, 7) is 2.15. The molecule has 0 amide bonds. The molecule has 0 saturated heterocycles. The highest BCUT2D eigenvalue weighted by atomic mass is 35.5. The molecule has 0 aliphatic heterocycles. The zero-order chi connectivity index (χ0) is 10.7. The first-order valence-electron chi connectivity index (χ1n) is 5.00. The van der Waals surface area contributed by atoms with Crippen molar-refractivity contribution in [2.45, 2.75) is 13.3 Å². The van der Waals surface area contributed by atoms with Gasteiger partial charge in [-0.05, 0) is 35.2 Å². The number of aryl methyl sites for hydroxylation is 1. The second-order valence-electron chi connectivity index (χ2n) is 3.42. The molecule has 1 nitrogen and oxygen atoms in total. The van der Waals surface area contributed by atoms with Crippen LogP contribution in [0.5, 0.6) is 0 Å². The first-order valence-corrected chi connectivity index (χ1v) is 5.38. The van der Waals surface area contributed by atoms with Crippen molar-refractivity contribution in [1.29, 1.82) is 0 Å². The molecule has 0 bridgehead atoms. The summed E-state index contributed by atoms with van der Waals surface area (Å²) in [5, 5.41) is 0.534. The SMILES string of the molecule is CCc1ccc(-c2ccnc(Cl)c2)cc1. The van der Waals surface area contributed by atoms with Crippen molar-refractivity contribution in [2.75, 3.05) is 0 Å². The van der Waals surface area contributed by atoms with Gasteiger partial charge < -0.3 is 0 Å². The van der Waals surface area contributed by atoms with Gasteiger partial charge >= 0.3 is 0 Å². The monoisotopic (exact) mass is 217 g/mol. The van der Waals surface area contributed by atoms with E-state index in [1.807, 2.05) is 12.1 Å². The number of rotatable bonds is 2. The summed E-state index contributed by atoms with van der Waals surface area (Å²) < 4.78 is 0. The number of hydrogen-bond donors (Lipinski definition) is 0. The van der Waals surface area contributed by atoms with Crippen molar-refractivity contribution in [3.05, 3.63) is 53.3 Å². The molecule has 0 spiro atoms. The molecule has 0 unspecified atom stereocenters. The summed E-state index contributed by atoms with van der Waals surface area (Å²) in [7, 11) is 0. The summed E-state index contributed by atoms with van der Waals surface area (Å²) in [6, 6.07) is 12.4. The zero-order valence-electron chi connectivity index (χ0n) is 8.57. The first kappa shape index (κ1) is 10.2. The summed E-state index contributed by atoms with van der Waals surface area (Å²) in [4.78, 5) is 3.96. The summed E-state index contributed by atoms with van der Waals surface area (Å²) in [5.74, 6) is 0. The van der Waals surface area contributed by atoms with E-state index < -0.39 is 0 Å². The number of hydrogen-bond acceptors (Lipinski definition) is 1. The third-order valence-electron chi connectivity index (χ3n) is 2.42. The minimum Gasteiger partial charge on any atom is -0.245 e. The molecular formula is C13H12ClN. The zero-order valence-corrected chi connectivity index (χ0v) is 9.33. The highest BCUT2D eigenvalue weighted by Crippen LogP contribution is 2.21. The Bertz CT molecular complexity index is 448. The van der Waals surface area contributed by atoms with Crippen LogP contribution in [0.2, 0.25) is 5.15 Å². The van der Waals surface area contributed by atoms with Crippen molar-refractivity contribution in [1.82, 2.24) is 4.98 Å². The third-order valence-corrected chi connectivity index (χ3v) is 2.63. The van der Waals surface area contributed by atoms with Gasteiger partial charge in [0.1, 0.15) is 5.15 Å². The molecule has 0 atom stereocenters. The third kappa shape index (κ3) is 2.37. The molecule has 0 saturated carbocycles. The lowest BCUT2D eigenvalue weighted by atomic mass is 10.0. The summed E-state index contributed by atoms with van der Waals surface area (Å²) in [5.41, 5.74) is 3.63. The lowest BCUT2D eigenvalue weighted by Gasteiger charge is -2.02. The Kier molecular flexibility index (Phi) is 3.02. The second-order valence-corrected chi connectivity index (χ2v) is 3.80. The van der Waals surface area contributed by atoms with Crippen LogP contribution < -0.4 is 0 Å². The van der Waals surface area contributed by atoms with E-state index in [2.05, 4.69) is 36.2 Å². The van der Waals surface area contributed by atoms with Crippen LogP contribution in [-0.2, 0) is 6.42 Å². The van der Waals surface area contributed by atoms with E-state index in [0.717, 1.165) is 12.0 Å². The Balaban J connectivity index is 2.37. The molecular weight excluding hydrogens is 206 g/mol. The molecule has 0 fully saturated rings. The average molecular weight is 218 g/mol. The highest BCUT2D eigenvalue weighted by Gasteiger charge is 1.98. The average Bonchev–Trinajstić information content (AvgIpc) is 2.29. The molecule has 0 aliphatic rings. The normalized spacial score (nSPS) is 10.3. The summed E-state index contributed by atoms with van der Waals surface area (Å²) in [6.07, 6.45) is 2.79. The van der Waals surface area contributed by atoms with Gasteiger partial charge in [0.2, 0.25) is 0 Å². The van der Waals surface area contributed by atoms with E-state index in [9.17, 15) is 0 Å². The van der Waals surface area contributed by atoms with Gasteiger partial charge in [0, 0.05) is 6.20 Å². The minimum absolute atomic E-state index is 0.534. The largest absolute Gasteiger partial charge is 0.245 e. The highest BCUT2D eigenvalue weighted by molar-refractivity contribution is 6.29. The van der Waals surface area contributed by atoms with Crippen LogP contribution in [0.25, 0.3) is 11.1 Å². The summed E-state index contributed by atoms with van der Waals surface area (Å²) >= 11 is 5.84. The predicted molar refractivity (Wildman–Crippen MR) is 64.1 cm³/mol. The number of halogens is 1. The van der Waals surface area contributed by atoms with Gasteiger partial charge in [-0.3, -0.25) is 0 Å². The topological polar surface area (TPSA) is 12.9 Å². The molecule has 2 rings (SSSR count). The standard InChI is InChI=1S/C13H12ClN/c1-2-10-3-5-11(6-4-10)12-7-8-15-13(14)9-12/h3-9H,2H2,1H3. The van der Waals surface area contributed by atoms with Crippen LogP contribution in [0.4, 0.5) is 0 Å². The van der Waals surface area contributed by atoms with Gasteiger partial charge in [-0.2, -0.15) is 0 Å². The van der Waals surface area contributed by atoms with Gasteiger partial charge in [0.05, 0.1) is 0 Å². The fourth-order valence-corrected chi connectivity index (χ4v) is 1.69. The lowest BCUT2D eigenvalue weighted by Crippen LogP contribution is -1.82. The Morgan fingerprint density at radius 3 is 2.40 bits per heavy atom. The second kappa shape index (κ2) is 4.45. The van der Waals surface area contributed by atoms with Gasteiger partial charge in [-0.15, -0.1) is 0 Å². The molecule has 76 valence electrons. The van der Waals surface area contributed by atoms with Crippen LogP contribution in [0.1, 0.15) is 12.5 Å². The molecule has 1 aromatic carbocycles. The molecule has 2 heteroatoms. The quantitative estimate of drug-likeness (QED) is 0.694. The number of aromatic nitrogens is 1. The maximum absolute atomic E-state index is 5.84. The van der Waals surface area contributed by atoms with E-state index >= 15 is 0 Å². The Hall–Kier alpha value is -1.34. The smallest absolute Gasteiger partial charge is 0.129 e. The van der Waals surface area contributed by atoms with Crippen molar-refractivity contribution in [3.63, 3.8) is 0 Å². The first-order chi connectivity index (χ1) is 7.29. The van der Waals surface area contributed by atoms with Gasteiger partial charge in [-0.25, -0.2) is 4.98 Å². The van der Waals surface area contributed by atoms with Crippen LogP contribution in [-0.4, -0.2) is 4.98 Å². The number of pyridine rings is 1. The van der Waals surface area contributed by atoms with Crippen molar-refractivity contribution in [3.8, 4) is 11.1 Å². The van der Waals surface area contributed by atoms with E-state index in [-0.39, 0.29) is 0 Å². The lowest BCUT2D eigenvalue weighted by molar-refractivity contribution is 1.14. The maximum atomic E-state index is 5.84. The van der Waals surface area contributed by atoms with E-state index in [4.69, 9.17) is 11.6 Å². The van der Waals surface area contributed by atoms with Gasteiger partial charge in [0.15, 0.2) is 0 Å². The fraction of sp³-hybridized carbons (Fsp3) is 0.154. The Labute approximate surface area is 94.7 Å². The van der Waals surface area contributed by atoms with Gasteiger partial charge in [-0.1, -0.05) is 42.8 Å². The molecule has 1 heterocycles. The molecule has 2 aromatic rings. The number of benzene rings is 1. The molecule has 0 radical (unpaired) electrons. The Morgan fingerprint density at radius 2 is 1.80 bits per heavy atom. The van der Waals surface area contributed by atoms with Crippen LogP contribution in [0.15, 0.2) is 42.6 Å². The Morgan fingerprint density at radius 1 is 1.07 bits per heavy atom. The fourth-order valence-electron chi connectivity index (χ4n) is 1.51. The van der Waals surface area contributed by atoms with Gasteiger partial charge in [0.25, 0.3) is 0 Å². The predicted octanol–water partition coefficient (Wildman–Crippen LogP) is 3.96. The molecule has 0 aliphatic carbocycles. The molecule has 1 aromatic heterocycles. The van der Waals surface area contributed by atoms with E-state index in [1.165, 1.54) is 11.1 Å². The van der Waals surface area contributed by atoms with Crippen LogP contribution >= 0.6 is 11.6 Å². The maximum Gasteiger partial charge on any atom is 0.129 e. The van der Waals surface area contributed by atoms with Crippen LogP contribution in [0.3, 0.4) is 0 Å². The molecule has 0 N–H and O–H groups in total. The van der Waals surface area contributed by atoms with Crippen molar-refractivity contribution >= 4 is 11.6 Å². The minimum atomic E-state index is 0.534. The van der Waals surface area contributed by atoms with E-state index in [0.29, 0.717) is 5.15 Å². The number of nitrogens with zero attached hydrogens (tertiary/aromatic N) is 1.